The van der Waals surface area contributed by atoms with Crippen molar-refractivity contribution in [2.45, 2.75) is 6.17 Å². The lowest BCUT2D eigenvalue weighted by atomic mass is 10.2. The van der Waals surface area contributed by atoms with Crippen LogP contribution in [0.2, 0.25) is 0 Å². The molecule has 2 N–H and O–H groups in total. The summed E-state index contributed by atoms with van der Waals surface area (Å²) in [5, 5.41) is 22.5. The third-order valence-electron chi connectivity index (χ3n) is 2.76. The van der Waals surface area contributed by atoms with Crippen molar-refractivity contribution < 1.29 is 10.2 Å². The molecule has 0 saturated carbocycles. The number of piperazine rings is 1. The Kier molecular flexibility index (Phi) is 6.59. The Hall–Kier alpha value is -0.460. The minimum absolute atomic E-state index is 0.0907. The van der Waals surface area contributed by atoms with E-state index in [2.05, 4.69) is 16.8 Å². The molecule has 5 heteroatoms. The molecule has 1 atom stereocenters. The van der Waals surface area contributed by atoms with Gasteiger partial charge in [0.15, 0.2) is 0 Å². The zero-order chi connectivity index (χ0) is 11.8. The molecule has 0 spiro atoms. The molecule has 1 aliphatic rings. The average Bonchev–Trinajstić information content (AvgIpc) is 2.30. The summed E-state index contributed by atoms with van der Waals surface area (Å²) in [5.41, 5.74) is 0. The average molecular weight is 228 g/mol. The maximum Gasteiger partial charge on any atom is 0.0891 e. The van der Waals surface area contributed by atoms with E-state index < -0.39 is 0 Å². The summed E-state index contributed by atoms with van der Waals surface area (Å²) in [5.74, 6) is 0. The second-order valence-corrected chi connectivity index (χ2v) is 3.92. The van der Waals surface area contributed by atoms with Crippen LogP contribution in [0.5, 0.6) is 0 Å². The van der Waals surface area contributed by atoms with Crippen molar-refractivity contribution in [1.82, 2.24) is 15.1 Å². The predicted octanol–water partition coefficient (Wildman–Crippen LogP) is -1.29. The molecule has 5 nitrogen and oxygen atoms in total. The molecule has 0 aliphatic carbocycles. The molecule has 0 aromatic carbocycles. The molecular weight excluding hydrogens is 206 g/mol. The summed E-state index contributed by atoms with van der Waals surface area (Å²) < 4.78 is 0. The summed E-state index contributed by atoms with van der Waals surface area (Å²) in [6.07, 6.45) is 1.98. The van der Waals surface area contributed by atoms with E-state index in [4.69, 9.17) is 10.2 Å². The highest BCUT2D eigenvalue weighted by Gasteiger charge is 2.24. The lowest BCUT2D eigenvalue weighted by molar-refractivity contribution is 0.0580. The summed E-state index contributed by atoms with van der Waals surface area (Å²) in [4.78, 5) is 4.31. The Bertz CT molecular complexity index is 196. The van der Waals surface area contributed by atoms with Crippen LogP contribution in [0.4, 0.5) is 0 Å². The predicted molar refractivity (Wildman–Crippen MR) is 63.2 cm³/mol. The van der Waals surface area contributed by atoms with E-state index in [1.807, 2.05) is 11.0 Å². The van der Waals surface area contributed by atoms with Crippen molar-refractivity contribution in [1.29, 1.82) is 0 Å². The molecule has 16 heavy (non-hydrogen) atoms. The molecule has 93 valence electrons. The lowest BCUT2D eigenvalue weighted by Crippen LogP contribution is -2.56. The number of aliphatic hydroxyl groups excluding tert-OH is 2. The molecule has 1 unspecified atom stereocenters. The van der Waals surface area contributed by atoms with Crippen molar-refractivity contribution in [2.24, 2.45) is 0 Å². The Labute approximate surface area is 97.4 Å². The second-order valence-electron chi connectivity index (χ2n) is 3.92. The van der Waals surface area contributed by atoms with Crippen molar-refractivity contribution in [3.63, 3.8) is 0 Å². The Morgan fingerprint density at radius 3 is 2.62 bits per heavy atom. The Morgan fingerprint density at radius 2 is 2.06 bits per heavy atom. The van der Waals surface area contributed by atoms with Crippen molar-refractivity contribution >= 4 is 0 Å². The first-order valence-electron chi connectivity index (χ1n) is 5.77. The monoisotopic (exact) mass is 228 g/mol. The first kappa shape index (κ1) is 13.6. The maximum atomic E-state index is 8.97. The molecule has 0 aromatic heterocycles. The minimum Gasteiger partial charge on any atom is -0.395 e. The topological polar surface area (TPSA) is 61.0 Å². The minimum atomic E-state index is 0.0907. The Morgan fingerprint density at radius 1 is 1.38 bits per heavy atom. The van der Waals surface area contributed by atoms with Crippen LogP contribution < -0.4 is 5.32 Å². The molecule has 0 bridgehead atoms. The summed E-state index contributed by atoms with van der Waals surface area (Å²) in [6, 6.07) is 0. The van der Waals surface area contributed by atoms with Gasteiger partial charge in [-0.1, -0.05) is 6.08 Å². The largest absolute Gasteiger partial charge is 0.395 e. The van der Waals surface area contributed by atoms with Crippen LogP contribution in [0, 0.1) is 0 Å². The molecule has 0 amide bonds. The van der Waals surface area contributed by atoms with E-state index >= 15 is 0 Å². The van der Waals surface area contributed by atoms with E-state index in [1.54, 1.807) is 0 Å². The van der Waals surface area contributed by atoms with Gasteiger partial charge in [0.2, 0.25) is 0 Å². The quantitative estimate of drug-likeness (QED) is 0.532. The maximum absolute atomic E-state index is 8.97. The summed E-state index contributed by atoms with van der Waals surface area (Å²) in [6.45, 7) is 8.58. The van der Waals surface area contributed by atoms with Gasteiger partial charge in [-0.05, 0) is 0 Å². The van der Waals surface area contributed by atoms with Gasteiger partial charge in [0.1, 0.15) is 0 Å². The van der Waals surface area contributed by atoms with Gasteiger partial charge < -0.3 is 10.2 Å². The zero-order valence-electron chi connectivity index (χ0n) is 9.75. The van der Waals surface area contributed by atoms with Gasteiger partial charge in [-0.2, -0.15) is 0 Å². The van der Waals surface area contributed by atoms with Crippen LogP contribution in [-0.2, 0) is 0 Å². The Balaban J connectivity index is 2.44. The van der Waals surface area contributed by atoms with Crippen LogP contribution in [0.25, 0.3) is 0 Å². The number of rotatable bonds is 7. The highest BCUT2D eigenvalue weighted by atomic mass is 16.3. The fraction of sp³-hybridized carbons (Fsp3) is 0.818. The zero-order valence-corrected chi connectivity index (χ0v) is 9.75. The van der Waals surface area contributed by atoms with E-state index in [0.717, 1.165) is 26.2 Å². The molecule has 1 radical (unpaired) electrons. The molecule has 1 aliphatic heterocycles. The van der Waals surface area contributed by atoms with Crippen LogP contribution in [0.3, 0.4) is 0 Å². The van der Waals surface area contributed by atoms with Gasteiger partial charge in [0.05, 0.1) is 19.4 Å². The second kappa shape index (κ2) is 7.76. The highest BCUT2D eigenvalue weighted by molar-refractivity contribution is 4.83. The van der Waals surface area contributed by atoms with Crippen LogP contribution in [0.15, 0.2) is 12.7 Å². The van der Waals surface area contributed by atoms with E-state index in [9.17, 15) is 0 Å². The van der Waals surface area contributed by atoms with Gasteiger partial charge >= 0.3 is 0 Å². The number of hydrogen-bond acceptors (Lipinski definition) is 4. The third kappa shape index (κ3) is 4.19. The van der Waals surface area contributed by atoms with Crippen LogP contribution in [0.1, 0.15) is 0 Å². The SMILES string of the molecule is C=CCN1CC[N]C(N(CCO)CCO)C1. The first-order valence-corrected chi connectivity index (χ1v) is 5.77. The van der Waals surface area contributed by atoms with Crippen LogP contribution >= 0.6 is 0 Å². The molecule has 1 saturated heterocycles. The molecule has 1 rings (SSSR count). The number of aliphatic hydroxyl groups is 2. The molecule has 0 aromatic rings. The van der Waals surface area contributed by atoms with Gasteiger partial charge in [0.25, 0.3) is 0 Å². The van der Waals surface area contributed by atoms with Gasteiger partial charge in [-0.3, -0.25) is 9.80 Å². The lowest BCUT2D eigenvalue weighted by Gasteiger charge is -2.38. The van der Waals surface area contributed by atoms with E-state index in [1.165, 1.54) is 0 Å². The summed E-state index contributed by atoms with van der Waals surface area (Å²) >= 11 is 0. The molecule has 1 heterocycles. The number of hydrogen-bond donors (Lipinski definition) is 2. The van der Waals surface area contributed by atoms with Crippen molar-refractivity contribution in [3.05, 3.63) is 12.7 Å². The van der Waals surface area contributed by atoms with Crippen LogP contribution in [-0.4, -0.2) is 78.7 Å². The smallest absolute Gasteiger partial charge is 0.0891 e. The first-order chi connectivity index (χ1) is 7.81. The normalized spacial score (nSPS) is 22.6. The summed E-state index contributed by atoms with van der Waals surface area (Å²) in [7, 11) is 0. The fourth-order valence-corrected chi connectivity index (χ4v) is 1.97. The third-order valence-corrected chi connectivity index (χ3v) is 2.76. The van der Waals surface area contributed by atoms with Gasteiger partial charge in [-0.25, -0.2) is 5.32 Å². The van der Waals surface area contributed by atoms with E-state index in [0.29, 0.717) is 13.1 Å². The molecular formula is C11H22N3O2. The van der Waals surface area contributed by atoms with Crippen molar-refractivity contribution in [3.8, 4) is 0 Å². The van der Waals surface area contributed by atoms with E-state index in [-0.39, 0.29) is 19.4 Å². The number of nitrogens with zero attached hydrogens (tertiary/aromatic N) is 3. The fourth-order valence-electron chi connectivity index (χ4n) is 1.97. The standard InChI is InChI=1S/C11H22N3O2/c1-2-4-13-5-3-12-11(10-13)14(6-8-15)7-9-16/h2,11,15-16H,1,3-10H2. The van der Waals surface area contributed by atoms with Crippen molar-refractivity contribution in [2.75, 3.05) is 52.5 Å². The highest BCUT2D eigenvalue weighted by Crippen LogP contribution is 2.05. The van der Waals surface area contributed by atoms with Gasteiger partial charge in [0, 0.05) is 39.3 Å². The molecule has 1 fully saturated rings. The van der Waals surface area contributed by atoms with Gasteiger partial charge in [-0.15, -0.1) is 6.58 Å².